The summed E-state index contributed by atoms with van der Waals surface area (Å²) in [5.74, 6) is 1.25. The average molecular weight is 266 g/mol. The monoisotopic (exact) mass is 266 g/mol. The molecule has 6 nitrogen and oxygen atoms in total. The summed E-state index contributed by atoms with van der Waals surface area (Å²) in [6.07, 6.45) is 0.449. The molecule has 1 aliphatic heterocycles. The van der Waals surface area contributed by atoms with E-state index < -0.39 is 4.92 Å². The maximum absolute atomic E-state index is 11.1. The van der Waals surface area contributed by atoms with Crippen LogP contribution in [0.15, 0.2) is 12.1 Å². The minimum Gasteiger partial charge on any atom is -0.486 e. The molecule has 0 amide bonds. The molecule has 1 heterocycles. The Bertz CT molecular complexity index is 488. The first kappa shape index (κ1) is 13.6. The predicted molar refractivity (Wildman–Crippen MR) is 70.6 cm³/mol. The van der Waals surface area contributed by atoms with Gasteiger partial charge in [0.05, 0.1) is 11.0 Å². The minimum absolute atomic E-state index is 0.0420. The standard InChI is InChI=1S/C13H18N2O4/c1-8(2)10(14)5-9-6-12-13(19-4-3-18-12)7-11(9)15(16)17/h6-8,10H,3-5,14H2,1-2H3. The van der Waals surface area contributed by atoms with Crippen LogP contribution in [0, 0.1) is 16.0 Å². The van der Waals surface area contributed by atoms with Gasteiger partial charge in [-0.25, -0.2) is 0 Å². The largest absolute Gasteiger partial charge is 0.486 e. The third-order valence-electron chi connectivity index (χ3n) is 3.25. The summed E-state index contributed by atoms with van der Waals surface area (Å²) >= 11 is 0. The van der Waals surface area contributed by atoms with Gasteiger partial charge in [-0.1, -0.05) is 13.8 Å². The number of nitro groups is 1. The van der Waals surface area contributed by atoms with Gasteiger partial charge >= 0.3 is 0 Å². The van der Waals surface area contributed by atoms with E-state index in [1.165, 1.54) is 6.07 Å². The quantitative estimate of drug-likeness (QED) is 0.664. The van der Waals surface area contributed by atoms with E-state index in [1.54, 1.807) is 6.07 Å². The van der Waals surface area contributed by atoms with Crippen LogP contribution in [0.2, 0.25) is 0 Å². The lowest BCUT2D eigenvalue weighted by molar-refractivity contribution is -0.385. The second-order valence-corrected chi connectivity index (χ2v) is 4.99. The molecular weight excluding hydrogens is 248 g/mol. The van der Waals surface area contributed by atoms with Crippen molar-refractivity contribution in [1.29, 1.82) is 0 Å². The molecule has 0 aromatic heterocycles. The summed E-state index contributed by atoms with van der Waals surface area (Å²) in [4.78, 5) is 10.7. The molecular formula is C13H18N2O4. The van der Waals surface area contributed by atoms with Crippen LogP contribution >= 0.6 is 0 Å². The van der Waals surface area contributed by atoms with Crippen LogP contribution in [-0.2, 0) is 6.42 Å². The predicted octanol–water partition coefficient (Wildman–Crippen LogP) is 1.89. The van der Waals surface area contributed by atoms with Gasteiger partial charge in [0.15, 0.2) is 11.5 Å². The van der Waals surface area contributed by atoms with Gasteiger partial charge in [0.2, 0.25) is 0 Å². The zero-order valence-corrected chi connectivity index (χ0v) is 11.1. The van der Waals surface area contributed by atoms with Gasteiger partial charge < -0.3 is 15.2 Å². The van der Waals surface area contributed by atoms with Crippen LogP contribution in [0.25, 0.3) is 0 Å². The lowest BCUT2D eigenvalue weighted by atomic mass is 9.96. The lowest BCUT2D eigenvalue weighted by Gasteiger charge is -2.20. The molecule has 104 valence electrons. The van der Waals surface area contributed by atoms with Gasteiger partial charge in [0.25, 0.3) is 5.69 Å². The molecule has 0 radical (unpaired) electrons. The molecule has 1 aliphatic rings. The van der Waals surface area contributed by atoms with Crippen LogP contribution in [0.1, 0.15) is 19.4 Å². The molecule has 0 bridgehead atoms. The Hall–Kier alpha value is -1.82. The molecule has 2 rings (SSSR count). The summed E-state index contributed by atoms with van der Waals surface area (Å²) < 4.78 is 10.8. The van der Waals surface area contributed by atoms with Gasteiger partial charge in [0, 0.05) is 11.6 Å². The van der Waals surface area contributed by atoms with Gasteiger partial charge in [-0.05, 0) is 18.4 Å². The Balaban J connectivity index is 2.37. The van der Waals surface area contributed by atoms with E-state index >= 15 is 0 Å². The summed E-state index contributed by atoms with van der Waals surface area (Å²) in [6, 6.07) is 2.98. The number of nitro benzene ring substituents is 1. The normalized spacial score (nSPS) is 15.4. The molecule has 19 heavy (non-hydrogen) atoms. The van der Waals surface area contributed by atoms with Crippen molar-refractivity contribution >= 4 is 5.69 Å². The van der Waals surface area contributed by atoms with Crippen LogP contribution in [-0.4, -0.2) is 24.2 Å². The smallest absolute Gasteiger partial charge is 0.276 e. The fraction of sp³-hybridized carbons (Fsp3) is 0.538. The van der Waals surface area contributed by atoms with E-state index in [9.17, 15) is 10.1 Å². The van der Waals surface area contributed by atoms with E-state index in [1.807, 2.05) is 13.8 Å². The third-order valence-corrected chi connectivity index (χ3v) is 3.25. The first-order valence-electron chi connectivity index (χ1n) is 6.31. The Kier molecular flexibility index (Phi) is 3.90. The molecule has 0 saturated heterocycles. The number of hydrogen-bond donors (Lipinski definition) is 1. The first-order chi connectivity index (χ1) is 8.99. The average Bonchev–Trinajstić information content (AvgIpc) is 2.37. The summed E-state index contributed by atoms with van der Waals surface area (Å²) in [5.41, 5.74) is 6.63. The van der Waals surface area contributed by atoms with Gasteiger partial charge in [0.1, 0.15) is 13.2 Å². The van der Waals surface area contributed by atoms with Crippen molar-refractivity contribution in [2.75, 3.05) is 13.2 Å². The Morgan fingerprint density at radius 1 is 1.32 bits per heavy atom. The SMILES string of the molecule is CC(C)C(N)Cc1cc2c(cc1[N+](=O)[O-])OCCO2. The number of benzene rings is 1. The maximum atomic E-state index is 11.1. The number of hydrogen-bond acceptors (Lipinski definition) is 5. The maximum Gasteiger partial charge on any atom is 0.276 e. The van der Waals surface area contributed by atoms with E-state index in [2.05, 4.69) is 0 Å². The Morgan fingerprint density at radius 2 is 1.89 bits per heavy atom. The van der Waals surface area contributed by atoms with Crippen molar-refractivity contribution in [3.63, 3.8) is 0 Å². The number of nitrogens with two attached hydrogens (primary N) is 1. The number of fused-ring (bicyclic) bond motifs is 1. The molecule has 1 aromatic carbocycles. The van der Waals surface area contributed by atoms with E-state index in [0.29, 0.717) is 36.7 Å². The third kappa shape index (κ3) is 2.96. The van der Waals surface area contributed by atoms with E-state index in [4.69, 9.17) is 15.2 Å². The van der Waals surface area contributed by atoms with Crippen LogP contribution in [0.3, 0.4) is 0 Å². The summed E-state index contributed by atoms with van der Waals surface area (Å²) in [6.45, 7) is 4.86. The minimum atomic E-state index is -0.402. The highest BCUT2D eigenvalue weighted by atomic mass is 16.6. The van der Waals surface area contributed by atoms with Crippen LogP contribution in [0.4, 0.5) is 5.69 Å². The van der Waals surface area contributed by atoms with Crippen LogP contribution in [0.5, 0.6) is 11.5 Å². The zero-order valence-electron chi connectivity index (χ0n) is 11.1. The molecule has 0 fully saturated rings. The lowest BCUT2D eigenvalue weighted by Crippen LogP contribution is -2.29. The number of ether oxygens (including phenoxy) is 2. The fourth-order valence-electron chi connectivity index (χ4n) is 1.94. The van der Waals surface area contributed by atoms with Crippen molar-refractivity contribution in [3.05, 3.63) is 27.8 Å². The van der Waals surface area contributed by atoms with Gasteiger partial charge in [-0.15, -0.1) is 0 Å². The van der Waals surface area contributed by atoms with Crippen molar-refractivity contribution in [1.82, 2.24) is 0 Å². The van der Waals surface area contributed by atoms with Gasteiger partial charge in [-0.3, -0.25) is 10.1 Å². The molecule has 1 aromatic rings. The number of nitrogens with zero attached hydrogens (tertiary/aromatic N) is 1. The zero-order chi connectivity index (χ0) is 14.0. The highest BCUT2D eigenvalue weighted by Crippen LogP contribution is 2.37. The molecule has 2 N–H and O–H groups in total. The van der Waals surface area contributed by atoms with Crippen molar-refractivity contribution in [2.24, 2.45) is 11.7 Å². The van der Waals surface area contributed by atoms with E-state index in [0.717, 1.165) is 0 Å². The molecule has 0 spiro atoms. The van der Waals surface area contributed by atoms with Crippen molar-refractivity contribution in [3.8, 4) is 11.5 Å². The second kappa shape index (κ2) is 5.44. The molecule has 0 saturated carbocycles. The Labute approximate surface area is 111 Å². The van der Waals surface area contributed by atoms with Crippen molar-refractivity contribution in [2.45, 2.75) is 26.3 Å². The fourth-order valence-corrected chi connectivity index (χ4v) is 1.94. The Morgan fingerprint density at radius 3 is 2.42 bits per heavy atom. The van der Waals surface area contributed by atoms with E-state index in [-0.39, 0.29) is 17.6 Å². The summed E-state index contributed by atoms with van der Waals surface area (Å²) in [7, 11) is 0. The topological polar surface area (TPSA) is 87.6 Å². The first-order valence-corrected chi connectivity index (χ1v) is 6.31. The second-order valence-electron chi connectivity index (χ2n) is 4.99. The number of rotatable bonds is 4. The highest BCUT2D eigenvalue weighted by Gasteiger charge is 2.23. The highest BCUT2D eigenvalue weighted by molar-refractivity contribution is 5.55. The molecule has 0 aliphatic carbocycles. The van der Waals surface area contributed by atoms with Gasteiger partial charge in [-0.2, -0.15) is 0 Å². The van der Waals surface area contributed by atoms with Crippen molar-refractivity contribution < 1.29 is 14.4 Å². The van der Waals surface area contributed by atoms with Crippen LogP contribution < -0.4 is 15.2 Å². The molecule has 6 heteroatoms. The summed E-state index contributed by atoms with van der Waals surface area (Å²) in [5, 5.41) is 11.1. The molecule has 1 atom stereocenters. The molecule has 1 unspecified atom stereocenters.